The molecular weight excluding hydrogens is 434 g/mol. The molecule has 0 saturated carbocycles. The quantitative estimate of drug-likeness (QED) is 0.178. The number of benzene rings is 3. The topological polar surface area (TPSA) is 93.4 Å². The van der Waals surface area contributed by atoms with Crippen LogP contribution >= 0.6 is 23.1 Å². The van der Waals surface area contributed by atoms with E-state index in [4.69, 9.17) is 0 Å². The Morgan fingerprint density at radius 1 is 1.00 bits per heavy atom. The van der Waals surface area contributed by atoms with Gasteiger partial charge in [-0.25, -0.2) is 9.88 Å². The van der Waals surface area contributed by atoms with Crippen LogP contribution in [0.5, 0.6) is 0 Å². The zero-order valence-electron chi connectivity index (χ0n) is 15.8. The van der Waals surface area contributed by atoms with Crippen molar-refractivity contribution in [1.29, 1.82) is 0 Å². The van der Waals surface area contributed by atoms with Crippen molar-refractivity contribution in [1.82, 2.24) is 4.98 Å². The molecule has 2 amide bonds. The number of hydrogen-bond acceptors (Lipinski definition) is 7. The summed E-state index contributed by atoms with van der Waals surface area (Å²) in [6.45, 7) is 0. The third-order valence-electron chi connectivity index (χ3n) is 4.91. The average Bonchev–Trinajstić information content (AvgIpc) is 3.30. The van der Waals surface area contributed by atoms with Crippen LogP contribution in [0.3, 0.4) is 0 Å². The first kappa shape index (κ1) is 19.4. The van der Waals surface area contributed by atoms with E-state index >= 15 is 0 Å². The molecule has 1 aliphatic rings. The summed E-state index contributed by atoms with van der Waals surface area (Å²) in [4.78, 5) is 42.0. The molecular formula is C22H13N3O4S2. The minimum atomic E-state index is -0.685. The van der Waals surface area contributed by atoms with Crippen LogP contribution in [0.25, 0.3) is 10.2 Å². The third-order valence-corrected chi connectivity index (χ3v) is 7.14. The normalized spacial score (nSPS) is 13.1. The monoisotopic (exact) mass is 447 g/mol. The Hall–Kier alpha value is -3.56. The van der Waals surface area contributed by atoms with Gasteiger partial charge in [-0.3, -0.25) is 19.7 Å². The van der Waals surface area contributed by atoms with Gasteiger partial charge in [0.25, 0.3) is 17.5 Å². The fourth-order valence-corrected chi connectivity index (χ4v) is 5.52. The maximum Gasteiger partial charge on any atom is 0.283 e. The van der Waals surface area contributed by atoms with Crippen molar-refractivity contribution in [2.75, 3.05) is 4.90 Å². The van der Waals surface area contributed by atoms with Gasteiger partial charge in [0.2, 0.25) is 0 Å². The molecule has 7 nitrogen and oxygen atoms in total. The van der Waals surface area contributed by atoms with Gasteiger partial charge in [-0.2, -0.15) is 0 Å². The van der Waals surface area contributed by atoms with Gasteiger partial charge in [-0.1, -0.05) is 48.2 Å². The van der Waals surface area contributed by atoms with E-state index in [-0.39, 0.29) is 16.8 Å². The second kappa shape index (κ2) is 7.60. The van der Waals surface area contributed by atoms with Crippen molar-refractivity contribution < 1.29 is 14.5 Å². The summed E-state index contributed by atoms with van der Waals surface area (Å²) in [6.07, 6.45) is 0. The van der Waals surface area contributed by atoms with Crippen LogP contribution in [0, 0.1) is 10.1 Å². The summed E-state index contributed by atoms with van der Waals surface area (Å²) in [5.74, 6) is -0.462. The highest BCUT2D eigenvalue weighted by Gasteiger charge is 2.41. The zero-order valence-corrected chi connectivity index (χ0v) is 17.5. The maximum absolute atomic E-state index is 12.9. The molecule has 0 fully saturated rings. The SMILES string of the molecule is O=C1c2cccc([N+](=O)[O-])c2C(=O)N1c1ccc2nc(SCc3ccccc3)sc2c1. The molecule has 4 aromatic rings. The Labute approximate surface area is 184 Å². The number of nitro benzene ring substituents is 1. The fraction of sp³-hybridized carbons (Fsp3) is 0.0455. The fourth-order valence-electron chi connectivity index (χ4n) is 3.47. The second-order valence-corrected chi connectivity index (χ2v) is 9.06. The predicted molar refractivity (Wildman–Crippen MR) is 120 cm³/mol. The van der Waals surface area contributed by atoms with E-state index in [9.17, 15) is 19.7 Å². The first-order valence-corrected chi connectivity index (χ1v) is 11.1. The molecule has 31 heavy (non-hydrogen) atoms. The lowest BCUT2D eigenvalue weighted by Crippen LogP contribution is -2.29. The van der Waals surface area contributed by atoms with Crippen LogP contribution in [-0.2, 0) is 5.75 Å². The molecule has 0 unspecified atom stereocenters. The molecule has 0 aliphatic carbocycles. The van der Waals surface area contributed by atoms with E-state index in [1.54, 1.807) is 30.0 Å². The Bertz CT molecular complexity index is 1370. The van der Waals surface area contributed by atoms with Crippen LogP contribution < -0.4 is 4.90 Å². The molecule has 2 heterocycles. The number of anilines is 1. The highest BCUT2D eigenvalue weighted by Crippen LogP contribution is 2.37. The number of nitrogens with zero attached hydrogens (tertiary/aromatic N) is 3. The number of hydrogen-bond donors (Lipinski definition) is 0. The van der Waals surface area contributed by atoms with Crippen molar-refractivity contribution in [2.24, 2.45) is 0 Å². The van der Waals surface area contributed by atoms with Crippen molar-refractivity contribution in [3.05, 3.63) is 93.5 Å². The van der Waals surface area contributed by atoms with Gasteiger partial charge in [0.1, 0.15) is 5.56 Å². The molecule has 0 bridgehead atoms. The van der Waals surface area contributed by atoms with E-state index in [0.717, 1.165) is 25.2 Å². The van der Waals surface area contributed by atoms with Gasteiger partial charge >= 0.3 is 0 Å². The van der Waals surface area contributed by atoms with E-state index in [1.165, 1.54) is 35.1 Å². The summed E-state index contributed by atoms with van der Waals surface area (Å²) < 4.78 is 1.72. The van der Waals surface area contributed by atoms with Crippen LogP contribution in [0.15, 0.2) is 71.1 Å². The summed E-state index contributed by atoms with van der Waals surface area (Å²) in [5, 5.41) is 11.3. The van der Waals surface area contributed by atoms with Crippen molar-refractivity contribution in [2.45, 2.75) is 10.1 Å². The Kier molecular flexibility index (Phi) is 4.76. The Morgan fingerprint density at radius 2 is 1.81 bits per heavy atom. The van der Waals surface area contributed by atoms with Gasteiger partial charge < -0.3 is 0 Å². The largest absolute Gasteiger partial charge is 0.283 e. The minimum absolute atomic E-state index is 0.0442. The number of fused-ring (bicyclic) bond motifs is 2. The number of amides is 2. The van der Waals surface area contributed by atoms with E-state index in [0.29, 0.717) is 5.69 Å². The standard InChI is InChI=1S/C22H13N3O4S2/c26-20-15-7-4-8-17(25(28)29)19(15)21(27)24(20)14-9-10-16-18(11-14)31-22(23-16)30-12-13-5-2-1-3-6-13/h1-11H,12H2. The Balaban J connectivity index is 1.45. The number of thiazole rings is 1. The first-order chi connectivity index (χ1) is 15.0. The van der Waals surface area contributed by atoms with Crippen molar-refractivity contribution in [3.63, 3.8) is 0 Å². The number of aromatic nitrogens is 1. The minimum Gasteiger partial charge on any atom is -0.268 e. The van der Waals surface area contributed by atoms with E-state index in [2.05, 4.69) is 17.1 Å². The number of carbonyl (C=O) groups excluding carboxylic acids is 2. The van der Waals surface area contributed by atoms with Gasteiger partial charge in [0.15, 0.2) is 4.34 Å². The molecule has 0 saturated heterocycles. The lowest BCUT2D eigenvalue weighted by atomic mass is 10.1. The molecule has 1 aromatic heterocycles. The van der Waals surface area contributed by atoms with Gasteiger partial charge in [-0.15, -0.1) is 11.3 Å². The van der Waals surface area contributed by atoms with Crippen molar-refractivity contribution >= 4 is 56.5 Å². The molecule has 0 spiro atoms. The van der Waals surface area contributed by atoms with Gasteiger partial charge in [0, 0.05) is 11.8 Å². The molecule has 152 valence electrons. The number of imide groups is 1. The number of rotatable bonds is 5. The number of nitro groups is 1. The van der Waals surface area contributed by atoms with Crippen LogP contribution in [-0.4, -0.2) is 21.7 Å². The number of thioether (sulfide) groups is 1. The average molecular weight is 447 g/mol. The summed E-state index contributed by atoms with van der Waals surface area (Å²) in [5.41, 5.74) is 1.85. The first-order valence-electron chi connectivity index (χ1n) is 9.26. The molecule has 0 atom stereocenters. The van der Waals surface area contributed by atoms with E-state index < -0.39 is 16.7 Å². The highest BCUT2D eigenvalue weighted by molar-refractivity contribution is 8.00. The third kappa shape index (κ3) is 3.37. The predicted octanol–water partition coefficient (Wildman–Crippen LogP) is 5.30. The summed E-state index contributed by atoms with van der Waals surface area (Å²) >= 11 is 3.10. The lowest BCUT2D eigenvalue weighted by Gasteiger charge is -2.13. The molecule has 9 heteroatoms. The maximum atomic E-state index is 12.9. The Morgan fingerprint density at radius 3 is 2.58 bits per heavy atom. The van der Waals surface area contributed by atoms with Crippen molar-refractivity contribution in [3.8, 4) is 0 Å². The molecule has 5 rings (SSSR count). The number of carbonyl (C=O) groups is 2. The smallest absolute Gasteiger partial charge is 0.268 e. The summed E-state index contributed by atoms with van der Waals surface area (Å²) in [7, 11) is 0. The van der Waals surface area contributed by atoms with Gasteiger partial charge in [0.05, 0.1) is 26.4 Å². The molecule has 0 N–H and O–H groups in total. The van der Waals surface area contributed by atoms with Gasteiger partial charge in [-0.05, 0) is 29.8 Å². The second-order valence-electron chi connectivity index (χ2n) is 6.81. The molecule has 3 aromatic carbocycles. The highest BCUT2D eigenvalue weighted by atomic mass is 32.2. The van der Waals surface area contributed by atoms with Crippen LogP contribution in [0.1, 0.15) is 26.3 Å². The molecule has 0 radical (unpaired) electrons. The van der Waals surface area contributed by atoms with Crippen LogP contribution in [0.2, 0.25) is 0 Å². The van der Waals surface area contributed by atoms with Crippen LogP contribution in [0.4, 0.5) is 11.4 Å². The molecule has 1 aliphatic heterocycles. The van der Waals surface area contributed by atoms with E-state index in [1.807, 2.05) is 18.2 Å². The summed E-state index contributed by atoms with van der Waals surface area (Å²) in [6, 6.07) is 19.3. The lowest BCUT2D eigenvalue weighted by molar-refractivity contribution is -0.385. The zero-order chi connectivity index (χ0) is 21.5.